The maximum absolute atomic E-state index is 11.6. The third-order valence-corrected chi connectivity index (χ3v) is 2.17. The normalized spacial score (nSPS) is 12.1. The summed E-state index contributed by atoms with van der Waals surface area (Å²) in [7, 11) is 0. The van der Waals surface area contributed by atoms with Crippen molar-refractivity contribution < 1.29 is 14.3 Å². The second-order valence-electron chi connectivity index (χ2n) is 6.07. The monoisotopic (exact) mass is 243 g/mol. The quantitative estimate of drug-likeness (QED) is 0.807. The first-order valence-corrected chi connectivity index (χ1v) is 6.02. The molecule has 0 saturated carbocycles. The molecular formula is C13H25NO3. The van der Waals surface area contributed by atoms with E-state index in [9.17, 15) is 9.59 Å². The summed E-state index contributed by atoms with van der Waals surface area (Å²) in [6.07, 6.45) is 1.67. The maximum atomic E-state index is 11.6. The Morgan fingerprint density at radius 1 is 1.12 bits per heavy atom. The number of ether oxygens (including phenoxy) is 1. The van der Waals surface area contributed by atoms with Crippen LogP contribution in [0.4, 0.5) is 4.79 Å². The summed E-state index contributed by atoms with van der Waals surface area (Å²) in [5.41, 5.74) is -0.836. The average molecular weight is 243 g/mol. The highest BCUT2D eigenvalue weighted by atomic mass is 16.6. The fourth-order valence-corrected chi connectivity index (χ4v) is 1.42. The number of nitrogens with one attached hydrogen (secondary N) is 1. The molecule has 17 heavy (non-hydrogen) atoms. The Kier molecular flexibility index (Phi) is 5.66. The number of amides is 1. The van der Waals surface area contributed by atoms with E-state index in [1.165, 1.54) is 0 Å². The summed E-state index contributed by atoms with van der Waals surface area (Å²) in [5.74, 6) is 0.179. The molecule has 0 saturated heterocycles. The van der Waals surface area contributed by atoms with Gasteiger partial charge in [-0.05, 0) is 54.4 Å². The van der Waals surface area contributed by atoms with Gasteiger partial charge in [-0.1, -0.05) is 0 Å². The van der Waals surface area contributed by atoms with Gasteiger partial charge in [-0.3, -0.25) is 0 Å². The van der Waals surface area contributed by atoms with Gasteiger partial charge in [0.05, 0.1) is 0 Å². The molecule has 1 amide bonds. The van der Waals surface area contributed by atoms with Crippen molar-refractivity contribution in [1.29, 1.82) is 0 Å². The number of hydrogen-bond donors (Lipinski definition) is 1. The van der Waals surface area contributed by atoms with E-state index in [4.69, 9.17) is 4.74 Å². The molecule has 0 aromatic rings. The van der Waals surface area contributed by atoms with E-state index >= 15 is 0 Å². The van der Waals surface area contributed by atoms with E-state index in [1.54, 1.807) is 6.92 Å². The lowest BCUT2D eigenvalue weighted by Gasteiger charge is -2.28. The molecule has 0 aliphatic rings. The molecule has 0 heterocycles. The molecule has 0 unspecified atom stereocenters. The number of hydrogen-bond acceptors (Lipinski definition) is 3. The van der Waals surface area contributed by atoms with Crippen molar-refractivity contribution in [3.8, 4) is 0 Å². The van der Waals surface area contributed by atoms with E-state index < -0.39 is 11.7 Å². The zero-order chi connectivity index (χ0) is 13.7. The van der Waals surface area contributed by atoms with Crippen LogP contribution in [-0.2, 0) is 9.53 Å². The molecule has 0 atom stereocenters. The predicted octanol–water partition coefficient (Wildman–Crippen LogP) is 3.05. The molecule has 4 heteroatoms. The Labute approximate surface area is 104 Å². The van der Waals surface area contributed by atoms with E-state index in [0.29, 0.717) is 6.42 Å². The van der Waals surface area contributed by atoms with Crippen LogP contribution in [0.2, 0.25) is 0 Å². The van der Waals surface area contributed by atoms with Crippen molar-refractivity contribution in [2.75, 3.05) is 0 Å². The van der Waals surface area contributed by atoms with Gasteiger partial charge in [0.15, 0.2) is 0 Å². The summed E-state index contributed by atoms with van der Waals surface area (Å²) < 4.78 is 5.18. The van der Waals surface area contributed by atoms with Gasteiger partial charge < -0.3 is 14.8 Å². The molecule has 0 rings (SSSR count). The molecule has 1 N–H and O–H groups in total. The Bertz CT molecular complexity index is 277. The lowest BCUT2D eigenvalue weighted by Crippen LogP contribution is -2.45. The number of carbonyl (C=O) groups is 2. The highest BCUT2D eigenvalue weighted by Crippen LogP contribution is 2.15. The van der Waals surface area contributed by atoms with Gasteiger partial charge in [-0.2, -0.15) is 0 Å². The van der Waals surface area contributed by atoms with Crippen molar-refractivity contribution >= 4 is 11.9 Å². The van der Waals surface area contributed by atoms with Gasteiger partial charge in [-0.25, -0.2) is 4.79 Å². The molecule has 0 spiro atoms. The lowest BCUT2D eigenvalue weighted by molar-refractivity contribution is -0.117. The molecule has 100 valence electrons. The predicted molar refractivity (Wildman–Crippen MR) is 68.0 cm³/mol. The van der Waals surface area contributed by atoms with Crippen LogP contribution in [0.5, 0.6) is 0 Å². The van der Waals surface area contributed by atoms with Gasteiger partial charge in [0.1, 0.15) is 11.4 Å². The highest BCUT2D eigenvalue weighted by Gasteiger charge is 2.24. The molecule has 0 aliphatic carbocycles. The van der Waals surface area contributed by atoms with Crippen molar-refractivity contribution in [2.24, 2.45) is 0 Å². The molecule has 0 fully saturated rings. The first-order chi connectivity index (χ1) is 7.52. The van der Waals surface area contributed by atoms with E-state index in [2.05, 4.69) is 5.32 Å². The van der Waals surface area contributed by atoms with E-state index in [0.717, 1.165) is 12.8 Å². The van der Waals surface area contributed by atoms with Crippen LogP contribution in [0.3, 0.4) is 0 Å². The van der Waals surface area contributed by atoms with Crippen molar-refractivity contribution in [3.05, 3.63) is 0 Å². The summed E-state index contributed by atoms with van der Waals surface area (Å²) in [6.45, 7) is 10.9. The minimum Gasteiger partial charge on any atom is -0.444 e. The number of carbonyl (C=O) groups excluding carboxylic acids is 2. The molecule has 0 aromatic carbocycles. The topological polar surface area (TPSA) is 55.4 Å². The first kappa shape index (κ1) is 15.9. The van der Waals surface area contributed by atoms with Crippen molar-refractivity contribution in [2.45, 2.75) is 71.9 Å². The second-order valence-corrected chi connectivity index (χ2v) is 6.07. The summed E-state index contributed by atoms with van der Waals surface area (Å²) >= 11 is 0. The standard InChI is InChI=1S/C13H25NO3/c1-10(15)8-7-9-13(5,6)14-11(16)17-12(2,3)4/h7-9H2,1-6H3,(H,14,16). The van der Waals surface area contributed by atoms with Gasteiger partial charge in [0, 0.05) is 12.0 Å². The van der Waals surface area contributed by atoms with Crippen LogP contribution in [-0.4, -0.2) is 23.0 Å². The summed E-state index contributed by atoms with van der Waals surface area (Å²) in [4.78, 5) is 22.4. The van der Waals surface area contributed by atoms with E-state index in [-0.39, 0.29) is 11.3 Å². The highest BCUT2D eigenvalue weighted by molar-refractivity contribution is 5.75. The minimum absolute atomic E-state index is 0.179. The second kappa shape index (κ2) is 6.03. The van der Waals surface area contributed by atoms with Crippen LogP contribution in [0.25, 0.3) is 0 Å². The van der Waals surface area contributed by atoms with Crippen molar-refractivity contribution in [3.63, 3.8) is 0 Å². The van der Waals surface area contributed by atoms with E-state index in [1.807, 2.05) is 34.6 Å². The van der Waals surface area contributed by atoms with Crippen LogP contribution >= 0.6 is 0 Å². The first-order valence-electron chi connectivity index (χ1n) is 6.02. The van der Waals surface area contributed by atoms with Crippen molar-refractivity contribution in [1.82, 2.24) is 5.32 Å². The third kappa shape index (κ3) is 9.85. The Balaban J connectivity index is 4.07. The number of ketones is 1. The Morgan fingerprint density at radius 2 is 1.65 bits per heavy atom. The van der Waals surface area contributed by atoms with Crippen LogP contribution in [0.15, 0.2) is 0 Å². The minimum atomic E-state index is -0.487. The number of Topliss-reactive ketones (excluding diaryl/α,β-unsaturated/α-hetero) is 1. The number of rotatable bonds is 5. The zero-order valence-corrected chi connectivity index (χ0v) is 11.8. The molecule has 0 aliphatic heterocycles. The fraction of sp³-hybridized carbons (Fsp3) is 0.846. The Hall–Kier alpha value is -1.06. The largest absolute Gasteiger partial charge is 0.444 e. The average Bonchev–Trinajstić information content (AvgIpc) is 1.96. The summed E-state index contributed by atoms with van der Waals surface area (Å²) in [5, 5.41) is 2.81. The summed E-state index contributed by atoms with van der Waals surface area (Å²) in [6, 6.07) is 0. The van der Waals surface area contributed by atoms with Gasteiger partial charge in [-0.15, -0.1) is 0 Å². The smallest absolute Gasteiger partial charge is 0.408 e. The third-order valence-electron chi connectivity index (χ3n) is 2.17. The van der Waals surface area contributed by atoms with Gasteiger partial charge in [0.2, 0.25) is 0 Å². The zero-order valence-electron chi connectivity index (χ0n) is 11.8. The number of alkyl carbamates (subject to hydrolysis) is 1. The van der Waals surface area contributed by atoms with Crippen LogP contribution in [0, 0.1) is 0 Å². The van der Waals surface area contributed by atoms with Crippen LogP contribution < -0.4 is 5.32 Å². The Morgan fingerprint density at radius 3 is 2.06 bits per heavy atom. The van der Waals surface area contributed by atoms with Crippen LogP contribution in [0.1, 0.15) is 60.8 Å². The van der Waals surface area contributed by atoms with Gasteiger partial charge >= 0.3 is 6.09 Å². The molecule has 0 radical (unpaired) electrons. The SMILES string of the molecule is CC(=O)CCCC(C)(C)NC(=O)OC(C)(C)C. The molecular weight excluding hydrogens is 218 g/mol. The maximum Gasteiger partial charge on any atom is 0.408 e. The molecule has 0 bridgehead atoms. The molecule has 4 nitrogen and oxygen atoms in total. The lowest BCUT2D eigenvalue weighted by atomic mass is 9.97. The molecule has 0 aromatic heterocycles. The van der Waals surface area contributed by atoms with Gasteiger partial charge in [0.25, 0.3) is 0 Å². The fourth-order valence-electron chi connectivity index (χ4n) is 1.42.